The van der Waals surface area contributed by atoms with Crippen LogP contribution in [0.2, 0.25) is 0 Å². The summed E-state index contributed by atoms with van der Waals surface area (Å²) in [5.74, 6) is -0.491. The molecule has 1 amide bonds. The highest BCUT2D eigenvalue weighted by Crippen LogP contribution is 2.34. The van der Waals surface area contributed by atoms with E-state index in [4.69, 9.17) is 4.84 Å². The van der Waals surface area contributed by atoms with Crippen LogP contribution in [0.15, 0.2) is 59.7 Å². The number of carbonyl (C=O) groups is 1. The van der Waals surface area contributed by atoms with E-state index in [1.165, 1.54) is 18.6 Å². The van der Waals surface area contributed by atoms with Crippen LogP contribution in [0.25, 0.3) is 5.52 Å². The molecule has 32 heavy (non-hydrogen) atoms. The van der Waals surface area contributed by atoms with Crippen molar-refractivity contribution in [3.63, 3.8) is 0 Å². The fraction of sp³-hybridized carbons (Fsp3) is 0.333. The van der Waals surface area contributed by atoms with Gasteiger partial charge in [-0.3, -0.25) is 28.7 Å². The van der Waals surface area contributed by atoms with Crippen LogP contribution < -0.4 is 5.56 Å². The van der Waals surface area contributed by atoms with Crippen LogP contribution in [0, 0.1) is 11.3 Å². The number of rotatable bonds is 5. The molecule has 0 radical (unpaired) electrons. The van der Waals surface area contributed by atoms with Crippen LogP contribution in [0.4, 0.5) is 0 Å². The van der Waals surface area contributed by atoms with Crippen LogP contribution in [-0.4, -0.2) is 52.5 Å². The quantitative estimate of drug-likeness (QED) is 0.576. The molecule has 1 aliphatic heterocycles. The second kappa shape index (κ2) is 8.91. The Balaban J connectivity index is 1.63. The molecule has 1 fully saturated rings. The van der Waals surface area contributed by atoms with Crippen molar-refractivity contribution in [1.82, 2.24) is 19.3 Å². The molecule has 0 aliphatic carbocycles. The maximum Gasteiger partial charge on any atom is 0.282 e. The Kier molecular flexibility index (Phi) is 6.04. The Hall–Kier alpha value is -3.54. The Morgan fingerprint density at radius 1 is 1.25 bits per heavy atom. The molecule has 3 aromatic heterocycles. The zero-order chi connectivity index (χ0) is 22.7. The first-order valence-electron chi connectivity index (χ1n) is 10.5. The third-order valence-electron chi connectivity index (χ3n) is 6.22. The van der Waals surface area contributed by atoms with Gasteiger partial charge in [0.15, 0.2) is 0 Å². The van der Waals surface area contributed by atoms with Crippen molar-refractivity contribution >= 4 is 11.4 Å². The molecule has 0 bridgehead atoms. The topological polar surface area (TPSA) is 90.9 Å². The first-order valence-corrected chi connectivity index (χ1v) is 10.5. The van der Waals surface area contributed by atoms with E-state index >= 15 is 0 Å². The van der Waals surface area contributed by atoms with Crippen LogP contribution in [-0.2, 0) is 16.8 Å². The Bertz CT molecular complexity index is 1220. The molecule has 0 spiro atoms. The molecule has 0 unspecified atom stereocenters. The second-order valence-corrected chi connectivity index (χ2v) is 8.01. The number of fused-ring (bicyclic) bond motifs is 1. The minimum atomic E-state index is -0.588. The number of nitrogens with zero attached hydrogens (tertiary/aromatic N) is 5. The lowest BCUT2D eigenvalue weighted by molar-refractivity contribution is -0.0758. The molecule has 3 aromatic rings. The molecule has 1 saturated heterocycles. The summed E-state index contributed by atoms with van der Waals surface area (Å²) in [6, 6.07) is 15.4. The monoisotopic (exact) mass is 431 g/mol. The number of nitriles is 1. The van der Waals surface area contributed by atoms with Gasteiger partial charge in [-0.25, -0.2) is 5.06 Å². The van der Waals surface area contributed by atoms with Gasteiger partial charge in [-0.2, -0.15) is 5.26 Å². The van der Waals surface area contributed by atoms with E-state index in [0.717, 1.165) is 21.8 Å². The van der Waals surface area contributed by atoms with E-state index in [2.05, 4.69) is 16.0 Å². The smallest absolute Gasteiger partial charge is 0.282 e. The van der Waals surface area contributed by atoms with Gasteiger partial charge < -0.3 is 0 Å². The fourth-order valence-corrected chi connectivity index (χ4v) is 4.26. The number of hydroxylamine groups is 2. The summed E-state index contributed by atoms with van der Waals surface area (Å²) in [5.41, 5.74) is 1.54. The average Bonchev–Trinajstić information content (AvgIpc) is 2.86. The van der Waals surface area contributed by atoms with Crippen LogP contribution in [0.3, 0.4) is 0 Å². The zero-order valence-corrected chi connectivity index (χ0v) is 18.2. The van der Waals surface area contributed by atoms with Crippen molar-refractivity contribution in [3.8, 4) is 6.07 Å². The molecule has 0 saturated carbocycles. The minimum Gasteiger partial charge on any atom is -0.299 e. The van der Waals surface area contributed by atoms with Gasteiger partial charge in [-0.05, 0) is 48.7 Å². The van der Waals surface area contributed by atoms with Gasteiger partial charge in [0.1, 0.15) is 11.0 Å². The summed E-state index contributed by atoms with van der Waals surface area (Å²) >= 11 is 0. The number of pyridine rings is 3. The van der Waals surface area contributed by atoms with Crippen molar-refractivity contribution < 1.29 is 9.63 Å². The van der Waals surface area contributed by atoms with E-state index in [0.29, 0.717) is 32.5 Å². The first kappa shape index (κ1) is 21.7. The summed E-state index contributed by atoms with van der Waals surface area (Å²) < 4.78 is 1.50. The fourth-order valence-electron chi connectivity index (χ4n) is 4.26. The van der Waals surface area contributed by atoms with Gasteiger partial charge in [0.05, 0.1) is 24.4 Å². The number of amides is 1. The molecular formula is C24H25N5O3. The summed E-state index contributed by atoms with van der Waals surface area (Å²) in [4.78, 5) is 37.3. The van der Waals surface area contributed by atoms with E-state index in [1.54, 1.807) is 24.5 Å². The van der Waals surface area contributed by atoms with Gasteiger partial charge in [-0.15, -0.1) is 0 Å². The summed E-state index contributed by atoms with van der Waals surface area (Å²) in [5, 5.41) is 11.0. The highest BCUT2D eigenvalue weighted by Gasteiger charge is 2.37. The molecule has 164 valence electrons. The van der Waals surface area contributed by atoms with Crippen LogP contribution in [0.1, 0.15) is 34.5 Å². The molecule has 8 nitrogen and oxygen atoms in total. The average molecular weight is 431 g/mol. The van der Waals surface area contributed by atoms with Gasteiger partial charge in [-0.1, -0.05) is 12.1 Å². The molecule has 4 heterocycles. The predicted octanol–water partition coefficient (Wildman–Crippen LogP) is 2.39. The van der Waals surface area contributed by atoms with Crippen molar-refractivity contribution in [1.29, 1.82) is 5.26 Å². The van der Waals surface area contributed by atoms with E-state index in [1.807, 2.05) is 30.3 Å². The van der Waals surface area contributed by atoms with E-state index < -0.39 is 11.3 Å². The number of hydrogen-bond donors (Lipinski definition) is 0. The van der Waals surface area contributed by atoms with Gasteiger partial charge >= 0.3 is 0 Å². The van der Waals surface area contributed by atoms with E-state index in [9.17, 15) is 14.9 Å². The third kappa shape index (κ3) is 3.88. The Morgan fingerprint density at radius 2 is 2.00 bits per heavy atom. The maximum atomic E-state index is 12.9. The minimum absolute atomic E-state index is 0.0601. The summed E-state index contributed by atoms with van der Waals surface area (Å²) in [6.45, 7) is 1.99. The molecule has 0 atom stereocenters. The predicted molar refractivity (Wildman–Crippen MR) is 119 cm³/mol. The van der Waals surface area contributed by atoms with Crippen molar-refractivity contribution in [3.05, 3.63) is 82.0 Å². The van der Waals surface area contributed by atoms with Gasteiger partial charge in [0, 0.05) is 39.1 Å². The SMILES string of the molecule is CON(C)C(=O)c1cc(CN2CCC(C#N)(c3ccccn3)CC2)c2ccccn2c1=O. The van der Waals surface area contributed by atoms with E-state index in [-0.39, 0.29) is 11.1 Å². The molecule has 0 N–H and O–H groups in total. The second-order valence-electron chi connectivity index (χ2n) is 8.01. The lowest BCUT2D eigenvalue weighted by atomic mass is 9.76. The van der Waals surface area contributed by atoms with Crippen LogP contribution in [0.5, 0.6) is 0 Å². The van der Waals surface area contributed by atoms with Crippen molar-refractivity contribution in [2.24, 2.45) is 0 Å². The Morgan fingerprint density at radius 3 is 2.66 bits per heavy atom. The zero-order valence-electron chi connectivity index (χ0n) is 18.2. The highest BCUT2D eigenvalue weighted by atomic mass is 16.7. The summed E-state index contributed by atoms with van der Waals surface area (Å²) in [7, 11) is 2.86. The maximum absolute atomic E-state index is 12.9. The number of aromatic nitrogens is 2. The Labute approximate surface area is 186 Å². The van der Waals surface area contributed by atoms with Gasteiger partial charge in [0.2, 0.25) is 0 Å². The normalized spacial score (nSPS) is 15.9. The van der Waals surface area contributed by atoms with Crippen LogP contribution >= 0.6 is 0 Å². The third-order valence-corrected chi connectivity index (χ3v) is 6.22. The van der Waals surface area contributed by atoms with Crippen molar-refractivity contribution in [2.45, 2.75) is 24.8 Å². The standard InChI is InChI=1S/C24H25N5O3/c1-27(32-2)22(30)19-15-18(20-7-4-6-12-29(20)23(19)31)16-28-13-9-24(17-25,10-14-28)21-8-3-5-11-26-21/h3-8,11-12,15H,9-10,13-14,16H2,1-2H3. The van der Waals surface area contributed by atoms with Crippen molar-refractivity contribution in [2.75, 3.05) is 27.2 Å². The number of piperidine rings is 1. The molecular weight excluding hydrogens is 406 g/mol. The molecule has 0 aromatic carbocycles. The number of carbonyl (C=O) groups excluding carboxylic acids is 1. The molecule has 1 aliphatic rings. The largest absolute Gasteiger partial charge is 0.299 e. The molecule has 8 heteroatoms. The lowest BCUT2D eigenvalue weighted by Crippen LogP contribution is -2.42. The van der Waals surface area contributed by atoms with Gasteiger partial charge in [0.25, 0.3) is 11.5 Å². The lowest BCUT2D eigenvalue weighted by Gasteiger charge is -2.37. The molecule has 4 rings (SSSR count). The highest BCUT2D eigenvalue weighted by molar-refractivity contribution is 5.93. The first-order chi connectivity index (χ1) is 15.5. The number of hydrogen-bond acceptors (Lipinski definition) is 6. The summed E-state index contributed by atoms with van der Waals surface area (Å²) in [6.07, 6.45) is 4.74. The number of likely N-dealkylation sites (tertiary alicyclic amines) is 1.